The van der Waals surface area contributed by atoms with E-state index in [0.29, 0.717) is 6.04 Å². The maximum absolute atomic E-state index is 2.31. The molecule has 0 aliphatic carbocycles. The first kappa shape index (κ1) is 10.8. The average Bonchev–Trinajstić information content (AvgIpc) is 2.26. The van der Waals surface area contributed by atoms with Crippen LogP contribution in [0.15, 0.2) is 42.5 Å². The van der Waals surface area contributed by atoms with Crippen molar-refractivity contribution in [2.45, 2.75) is 26.3 Å². The zero-order chi connectivity index (χ0) is 10.4. The molecule has 0 aromatic heterocycles. The number of hydrogen-bond donors (Lipinski definition) is 0. The van der Waals surface area contributed by atoms with E-state index in [4.69, 9.17) is 0 Å². The molecule has 0 bridgehead atoms. The zero-order valence-corrected chi connectivity index (χ0v) is 9.27. The highest BCUT2D eigenvalue weighted by Crippen LogP contribution is 2.16. The van der Waals surface area contributed by atoms with Gasteiger partial charge < -0.3 is 4.90 Å². The molecular weight excluding hydrogens is 170 g/mol. The van der Waals surface area contributed by atoms with Crippen LogP contribution in [0, 0.1) is 0 Å². The number of para-hydroxylation sites is 1. The van der Waals surface area contributed by atoms with Crippen molar-refractivity contribution in [1.82, 2.24) is 0 Å². The topological polar surface area (TPSA) is 3.24 Å². The Morgan fingerprint density at radius 3 is 2.43 bits per heavy atom. The molecule has 0 heterocycles. The van der Waals surface area contributed by atoms with E-state index in [0.717, 1.165) is 6.42 Å². The van der Waals surface area contributed by atoms with Crippen LogP contribution in [-0.2, 0) is 0 Å². The van der Waals surface area contributed by atoms with Crippen LogP contribution in [0.1, 0.15) is 20.3 Å². The summed E-state index contributed by atoms with van der Waals surface area (Å²) in [6.45, 7) is 4.28. The Kier molecular flexibility index (Phi) is 4.24. The van der Waals surface area contributed by atoms with E-state index >= 15 is 0 Å². The number of benzene rings is 1. The highest BCUT2D eigenvalue weighted by Gasteiger charge is 2.08. The van der Waals surface area contributed by atoms with Gasteiger partial charge in [-0.1, -0.05) is 37.3 Å². The summed E-state index contributed by atoms with van der Waals surface area (Å²) < 4.78 is 0. The Balaban J connectivity index is 2.77. The molecule has 0 spiro atoms. The molecule has 1 atom stereocenters. The predicted octanol–water partition coefficient (Wildman–Crippen LogP) is 3.48. The maximum Gasteiger partial charge on any atom is 0.0467 e. The third-order valence-corrected chi connectivity index (χ3v) is 2.49. The minimum Gasteiger partial charge on any atom is -0.368 e. The summed E-state index contributed by atoms with van der Waals surface area (Å²) in [6, 6.07) is 11.0. The van der Waals surface area contributed by atoms with Crippen molar-refractivity contribution in [3.63, 3.8) is 0 Å². The number of likely N-dealkylation sites (N-methyl/N-ethyl adjacent to an activating group) is 1. The van der Waals surface area contributed by atoms with Crippen molar-refractivity contribution in [2.75, 3.05) is 11.9 Å². The minimum atomic E-state index is 0.502. The van der Waals surface area contributed by atoms with Crippen LogP contribution < -0.4 is 4.90 Å². The van der Waals surface area contributed by atoms with E-state index in [1.54, 1.807) is 0 Å². The lowest BCUT2D eigenvalue weighted by Gasteiger charge is -2.26. The van der Waals surface area contributed by atoms with Crippen LogP contribution in [0.5, 0.6) is 0 Å². The van der Waals surface area contributed by atoms with E-state index in [1.807, 2.05) is 6.07 Å². The monoisotopic (exact) mass is 189 g/mol. The van der Waals surface area contributed by atoms with Crippen molar-refractivity contribution in [2.24, 2.45) is 0 Å². The molecule has 1 heteroatoms. The Morgan fingerprint density at radius 1 is 1.29 bits per heavy atom. The quantitative estimate of drug-likeness (QED) is 0.655. The molecular formula is C13H19N. The predicted molar refractivity (Wildman–Crippen MR) is 63.7 cm³/mol. The minimum absolute atomic E-state index is 0.502. The van der Waals surface area contributed by atoms with Crippen LogP contribution in [0.2, 0.25) is 0 Å². The molecule has 1 nitrogen and oxygen atoms in total. The lowest BCUT2D eigenvalue weighted by atomic mass is 10.1. The number of allylic oxidation sites excluding steroid dienone is 1. The van der Waals surface area contributed by atoms with Crippen LogP contribution >= 0.6 is 0 Å². The van der Waals surface area contributed by atoms with Gasteiger partial charge in [-0.3, -0.25) is 0 Å². The van der Waals surface area contributed by atoms with Crippen LogP contribution in [0.3, 0.4) is 0 Å². The molecule has 0 fully saturated rings. The summed E-state index contributed by atoms with van der Waals surface area (Å²) in [5, 5.41) is 0. The Labute approximate surface area is 87.1 Å². The molecule has 0 amide bonds. The highest BCUT2D eigenvalue weighted by molar-refractivity contribution is 5.47. The molecule has 0 N–H and O–H groups in total. The lowest BCUT2D eigenvalue weighted by Crippen LogP contribution is -2.28. The van der Waals surface area contributed by atoms with Gasteiger partial charge in [0.2, 0.25) is 0 Å². The Morgan fingerprint density at radius 2 is 1.93 bits per heavy atom. The van der Waals surface area contributed by atoms with Crippen LogP contribution in [0.4, 0.5) is 5.69 Å². The molecule has 0 aliphatic heterocycles. The fraction of sp³-hybridized carbons (Fsp3) is 0.385. The molecule has 1 unspecified atom stereocenters. The molecule has 0 saturated carbocycles. The standard InChI is InChI=1S/C13H19N/c1-4-9-12(5-2)14(3)13-10-7-6-8-11-13/h4,6-12H,5H2,1-3H3/b9-4+. The second-order valence-corrected chi connectivity index (χ2v) is 3.45. The summed E-state index contributed by atoms with van der Waals surface area (Å²) in [5.74, 6) is 0. The molecule has 1 aromatic rings. The number of rotatable bonds is 4. The van der Waals surface area contributed by atoms with Crippen molar-refractivity contribution in [3.8, 4) is 0 Å². The first-order valence-corrected chi connectivity index (χ1v) is 5.20. The lowest BCUT2D eigenvalue weighted by molar-refractivity contribution is 0.721. The summed E-state index contributed by atoms with van der Waals surface area (Å²) in [4.78, 5) is 2.31. The van der Waals surface area contributed by atoms with Gasteiger partial charge in [0.1, 0.15) is 0 Å². The summed E-state index contributed by atoms with van der Waals surface area (Å²) >= 11 is 0. The van der Waals surface area contributed by atoms with E-state index < -0.39 is 0 Å². The molecule has 1 rings (SSSR count). The van der Waals surface area contributed by atoms with Gasteiger partial charge in [0.15, 0.2) is 0 Å². The third-order valence-electron chi connectivity index (χ3n) is 2.49. The molecule has 14 heavy (non-hydrogen) atoms. The zero-order valence-electron chi connectivity index (χ0n) is 9.27. The first-order valence-electron chi connectivity index (χ1n) is 5.20. The van der Waals surface area contributed by atoms with Gasteiger partial charge in [0.25, 0.3) is 0 Å². The van der Waals surface area contributed by atoms with Gasteiger partial charge in [0.05, 0.1) is 0 Å². The second kappa shape index (κ2) is 5.48. The summed E-state index contributed by atoms with van der Waals surface area (Å²) in [6.07, 6.45) is 5.50. The van der Waals surface area contributed by atoms with E-state index in [9.17, 15) is 0 Å². The Hall–Kier alpha value is -1.24. The summed E-state index contributed by atoms with van der Waals surface area (Å²) in [5.41, 5.74) is 1.28. The number of hydrogen-bond acceptors (Lipinski definition) is 1. The molecule has 0 aliphatic rings. The van der Waals surface area contributed by atoms with Crippen molar-refractivity contribution < 1.29 is 0 Å². The maximum atomic E-state index is 2.31. The van der Waals surface area contributed by atoms with Crippen molar-refractivity contribution in [3.05, 3.63) is 42.5 Å². The largest absolute Gasteiger partial charge is 0.368 e. The van der Waals surface area contributed by atoms with Gasteiger partial charge in [-0.15, -0.1) is 0 Å². The average molecular weight is 189 g/mol. The Bertz CT molecular complexity index is 277. The van der Waals surface area contributed by atoms with Gasteiger partial charge in [0, 0.05) is 18.8 Å². The number of nitrogens with zero attached hydrogens (tertiary/aromatic N) is 1. The van der Waals surface area contributed by atoms with Crippen LogP contribution in [-0.4, -0.2) is 13.1 Å². The highest BCUT2D eigenvalue weighted by atomic mass is 15.1. The smallest absolute Gasteiger partial charge is 0.0467 e. The fourth-order valence-corrected chi connectivity index (χ4v) is 1.62. The van der Waals surface area contributed by atoms with Crippen molar-refractivity contribution >= 4 is 5.69 Å². The number of anilines is 1. The SMILES string of the molecule is C/C=C/C(CC)N(C)c1ccccc1. The van der Waals surface area contributed by atoms with Gasteiger partial charge in [-0.05, 0) is 25.5 Å². The van der Waals surface area contributed by atoms with Gasteiger partial charge >= 0.3 is 0 Å². The van der Waals surface area contributed by atoms with E-state index in [2.05, 4.69) is 62.2 Å². The van der Waals surface area contributed by atoms with E-state index in [-0.39, 0.29) is 0 Å². The second-order valence-electron chi connectivity index (χ2n) is 3.45. The first-order chi connectivity index (χ1) is 6.79. The fourth-order valence-electron chi connectivity index (χ4n) is 1.62. The van der Waals surface area contributed by atoms with Crippen molar-refractivity contribution in [1.29, 1.82) is 0 Å². The van der Waals surface area contributed by atoms with Gasteiger partial charge in [-0.2, -0.15) is 0 Å². The third kappa shape index (κ3) is 2.63. The molecule has 76 valence electrons. The molecule has 0 saturated heterocycles. The van der Waals surface area contributed by atoms with Gasteiger partial charge in [-0.25, -0.2) is 0 Å². The summed E-state index contributed by atoms with van der Waals surface area (Å²) in [7, 11) is 2.14. The van der Waals surface area contributed by atoms with Crippen LogP contribution in [0.25, 0.3) is 0 Å². The normalized spacial score (nSPS) is 13.1. The molecule has 1 aromatic carbocycles. The van der Waals surface area contributed by atoms with E-state index in [1.165, 1.54) is 5.69 Å². The molecule has 0 radical (unpaired) electrons.